The number of pyridine rings is 1. The maximum Gasteiger partial charge on any atom is 0.144 e. The Labute approximate surface area is 102 Å². The predicted octanol–water partition coefficient (Wildman–Crippen LogP) is 1.69. The molecule has 0 bridgehead atoms. The molecule has 90 valence electrons. The molecule has 1 saturated heterocycles. The first-order valence-corrected chi connectivity index (χ1v) is 5.93. The van der Waals surface area contributed by atoms with E-state index in [0.29, 0.717) is 11.6 Å². The summed E-state index contributed by atoms with van der Waals surface area (Å²) < 4.78 is 0. The summed E-state index contributed by atoms with van der Waals surface area (Å²) in [6.45, 7) is 6.03. The van der Waals surface area contributed by atoms with Gasteiger partial charge in [-0.2, -0.15) is 5.26 Å². The van der Waals surface area contributed by atoms with Crippen molar-refractivity contribution in [3.8, 4) is 6.07 Å². The number of nitriles is 1. The van der Waals surface area contributed by atoms with Gasteiger partial charge in [0.05, 0.1) is 5.56 Å². The lowest BCUT2D eigenvalue weighted by Gasteiger charge is -2.16. The van der Waals surface area contributed by atoms with Crippen LogP contribution < -0.4 is 5.32 Å². The highest BCUT2D eigenvalue weighted by Gasteiger charge is 2.21. The molecule has 1 unspecified atom stereocenters. The Kier molecular flexibility index (Phi) is 3.30. The van der Waals surface area contributed by atoms with E-state index >= 15 is 0 Å². The number of aromatic nitrogens is 1. The van der Waals surface area contributed by atoms with E-state index in [9.17, 15) is 5.26 Å². The molecule has 0 aromatic carbocycles. The third kappa shape index (κ3) is 2.56. The first kappa shape index (κ1) is 11.9. The average molecular weight is 230 g/mol. The Bertz CT molecular complexity index is 461. The number of likely N-dealkylation sites (N-methyl/N-ethyl adjacent to an activating group) is 1. The van der Waals surface area contributed by atoms with Crippen molar-refractivity contribution in [3.63, 3.8) is 0 Å². The number of anilines is 1. The summed E-state index contributed by atoms with van der Waals surface area (Å²) in [5, 5.41) is 12.6. The second kappa shape index (κ2) is 4.72. The first-order chi connectivity index (χ1) is 8.10. The number of aryl methyl sites for hydroxylation is 2. The summed E-state index contributed by atoms with van der Waals surface area (Å²) in [5.41, 5.74) is 2.62. The van der Waals surface area contributed by atoms with Gasteiger partial charge in [0.25, 0.3) is 0 Å². The average Bonchev–Trinajstić information content (AvgIpc) is 2.63. The highest BCUT2D eigenvalue weighted by molar-refractivity contribution is 5.56. The zero-order valence-electron chi connectivity index (χ0n) is 10.6. The van der Waals surface area contributed by atoms with Crippen LogP contribution in [0, 0.1) is 25.2 Å². The zero-order valence-corrected chi connectivity index (χ0v) is 10.6. The lowest BCUT2D eigenvalue weighted by Crippen LogP contribution is -2.24. The lowest BCUT2D eigenvalue weighted by atomic mass is 10.1. The zero-order chi connectivity index (χ0) is 12.4. The fourth-order valence-corrected chi connectivity index (χ4v) is 2.33. The van der Waals surface area contributed by atoms with Crippen molar-refractivity contribution in [2.75, 3.05) is 25.5 Å². The normalized spacial score (nSPS) is 20.2. The molecule has 1 aromatic heterocycles. The summed E-state index contributed by atoms with van der Waals surface area (Å²) >= 11 is 0. The summed E-state index contributed by atoms with van der Waals surface area (Å²) in [6.07, 6.45) is 1.11. The van der Waals surface area contributed by atoms with Crippen LogP contribution in [0.2, 0.25) is 0 Å². The summed E-state index contributed by atoms with van der Waals surface area (Å²) in [7, 11) is 2.11. The molecule has 17 heavy (non-hydrogen) atoms. The summed E-state index contributed by atoms with van der Waals surface area (Å²) in [6, 6.07) is 4.59. The minimum atomic E-state index is 0.404. The molecule has 1 atom stereocenters. The number of nitrogens with zero attached hydrogens (tertiary/aromatic N) is 3. The van der Waals surface area contributed by atoms with Crippen LogP contribution in [0.15, 0.2) is 6.07 Å². The number of hydrogen-bond donors (Lipinski definition) is 1. The molecule has 1 aliphatic rings. The molecule has 1 aromatic rings. The minimum absolute atomic E-state index is 0.404. The van der Waals surface area contributed by atoms with Crippen molar-refractivity contribution < 1.29 is 0 Å². The predicted molar refractivity (Wildman–Crippen MR) is 68.0 cm³/mol. The van der Waals surface area contributed by atoms with Gasteiger partial charge in [0.15, 0.2) is 0 Å². The number of rotatable bonds is 2. The van der Waals surface area contributed by atoms with Crippen molar-refractivity contribution in [2.45, 2.75) is 26.3 Å². The van der Waals surface area contributed by atoms with Crippen molar-refractivity contribution in [2.24, 2.45) is 0 Å². The Hall–Kier alpha value is -1.60. The molecule has 0 spiro atoms. The van der Waals surface area contributed by atoms with Gasteiger partial charge in [0, 0.05) is 18.3 Å². The van der Waals surface area contributed by atoms with Gasteiger partial charge in [0.2, 0.25) is 0 Å². The van der Waals surface area contributed by atoms with Gasteiger partial charge in [-0.3, -0.25) is 0 Å². The lowest BCUT2D eigenvalue weighted by molar-refractivity contribution is 0.414. The maximum absolute atomic E-state index is 9.18. The van der Waals surface area contributed by atoms with Crippen molar-refractivity contribution >= 4 is 5.82 Å². The molecule has 0 saturated carbocycles. The fourth-order valence-electron chi connectivity index (χ4n) is 2.33. The molecule has 0 aliphatic carbocycles. The number of nitrogens with one attached hydrogen (secondary N) is 1. The SMILES string of the molecule is Cc1cc(C)c(C#N)c(NC2CCN(C)C2)n1. The van der Waals surface area contributed by atoms with E-state index < -0.39 is 0 Å². The number of hydrogen-bond acceptors (Lipinski definition) is 4. The summed E-state index contributed by atoms with van der Waals surface area (Å²) in [4.78, 5) is 6.73. The van der Waals surface area contributed by atoms with Crippen LogP contribution in [0.3, 0.4) is 0 Å². The molecular formula is C13H18N4. The van der Waals surface area contributed by atoms with E-state index in [4.69, 9.17) is 0 Å². The van der Waals surface area contributed by atoms with Crippen LogP contribution in [-0.2, 0) is 0 Å². The standard InChI is InChI=1S/C13H18N4/c1-9-6-10(2)15-13(12(9)7-14)16-11-4-5-17(3)8-11/h6,11H,4-5,8H2,1-3H3,(H,15,16). The first-order valence-electron chi connectivity index (χ1n) is 5.93. The fraction of sp³-hybridized carbons (Fsp3) is 0.538. The van der Waals surface area contributed by atoms with Crippen molar-refractivity contribution in [1.82, 2.24) is 9.88 Å². The van der Waals surface area contributed by atoms with Gasteiger partial charge in [-0.1, -0.05) is 0 Å². The van der Waals surface area contributed by atoms with Gasteiger partial charge in [-0.15, -0.1) is 0 Å². The molecule has 0 radical (unpaired) electrons. The van der Waals surface area contributed by atoms with Crippen LogP contribution in [0.4, 0.5) is 5.82 Å². The largest absolute Gasteiger partial charge is 0.365 e. The monoisotopic (exact) mass is 230 g/mol. The van der Waals surface area contributed by atoms with E-state index in [1.165, 1.54) is 0 Å². The summed E-state index contributed by atoms with van der Waals surface area (Å²) in [5.74, 6) is 0.741. The Balaban J connectivity index is 2.23. The quantitative estimate of drug-likeness (QED) is 0.840. The third-order valence-corrected chi connectivity index (χ3v) is 3.19. The van der Waals surface area contributed by atoms with E-state index in [0.717, 1.165) is 36.6 Å². The van der Waals surface area contributed by atoms with Crippen LogP contribution in [-0.4, -0.2) is 36.1 Å². The molecule has 1 N–H and O–H groups in total. The van der Waals surface area contributed by atoms with Crippen LogP contribution in [0.25, 0.3) is 0 Å². The Morgan fingerprint density at radius 3 is 2.88 bits per heavy atom. The smallest absolute Gasteiger partial charge is 0.144 e. The van der Waals surface area contributed by atoms with E-state index in [-0.39, 0.29) is 0 Å². The minimum Gasteiger partial charge on any atom is -0.365 e. The van der Waals surface area contributed by atoms with Gasteiger partial charge < -0.3 is 10.2 Å². The molecule has 0 amide bonds. The topological polar surface area (TPSA) is 52.0 Å². The van der Waals surface area contributed by atoms with E-state index in [1.807, 2.05) is 19.9 Å². The van der Waals surface area contributed by atoms with Crippen molar-refractivity contribution in [3.05, 3.63) is 22.9 Å². The van der Waals surface area contributed by atoms with Gasteiger partial charge in [0.1, 0.15) is 11.9 Å². The second-order valence-corrected chi connectivity index (χ2v) is 4.81. The molecule has 4 nitrogen and oxygen atoms in total. The maximum atomic E-state index is 9.18. The van der Waals surface area contributed by atoms with Crippen LogP contribution in [0.5, 0.6) is 0 Å². The van der Waals surface area contributed by atoms with E-state index in [1.54, 1.807) is 0 Å². The highest BCUT2D eigenvalue weighted by Crippen LogP contribution is 2.20. The Morgan fingerprint density at radius 1 is 1.53 bits per heavy atom. The highest BCUT2D eigenvalue weighted by atomic mass is 15.2. The molecule has 1 fully saturated rings. The van der Waals surface area contributed by atoms with Crippen LogP contribution in [0.1, 0.15) is 23.2 Å². The van der Waals surface area contributed by atoms with E-state index in [2.05, 4.69) is 28.3 Å². The van der Waals surface area contributed by atoms with Gasteiger partial charge in [-0.25, -0.2) is 4.98 Å². The van der Waals surface area contributed by atoms with Crippen molar-refractivity contribution in [1.29, 1.82) is 5.26 Å². The molecular weight excluding hydrogens is 212 g/mol. The van der Waals surface area contributed by atoms with Gasteiger partial charge in [-0.05, 0) is 45.5 Å². The third-order valence-electron chi connectivity index (χ3n) is 3.19. The molecule has 2 heterocycles. The second-order valence-electron chi connectivity index (χ2n) is 4.81. The number of likely N-dealkylation sites (tertiary alicyclic amines) is 1. The Morgan fingerprint density at radius 2 is 2.29 bits per heavy atom. The van der Waals surface area contributed by atoms with Crippen LogP contribution >= 0.6 is 0 Å². The molecule has 4 heteroatoms. The van der Waals surface area contributed by atoms with Gasteiger partial charge >= 0.3 is 0 Å². The molecule has 1 aliphatic heterocycles. The molecule has 2 rings (SSSR count).